The Hall–Kier alpha value is -2.17. The molecule has 2 rings (SSSR count). The van der Waals surface area contributed by atoms with E-state index in [2.05, 4.69) is 10.4 Å². The van der Waals surface area contributed by atoms with E-state index < -0.39 is 0 Å². The number of rotatable bonds is 6. The first-order chi connectivity index (χ1) is 9.65. The second kappa shape index (κ2) is 6.32. The zero-order chi connectivity index (χ0) is 14.5. The first kappa shape index (κ1) is 14.2. The predicted octanol–water partition coefficient (Wildman–Crippen LogP) is 2.75. The van der Waals surface area contributed by atoms with E-state index in [1.54, 1.807) is 11.8 Å². The van der Waals surface area contributed by atoms with Crippen molar-refractivity contribution in [1.82, 2.24) is 9.78 Å². The van der Waals surface area contributed by atoms with Crippen molar-refractivity contribution in [2.45, 2.75) is 20.4 Å². The van der Waals surface area contributed by atoms with Crippen LogP contribution >= 0.6 is 0 Å². The van der Waals surface area contributed by atoms with E-state index >= 15 is 0 Å². The lowest BCUT2D eigenvalue weighted by atomic mass is 10.2. The van der Waals surface area contributed by atoms with Crippen LogP contribution in [0.4, 0.5) is 5.69 Å². The Morgan fingerprint density at radius 2 is 2.15 bits per heavy atom. The Balaban J connectivity index is 2.16. The predicted molar refractivity (Wildman–Crippen MR) is 79.4 cm³/mol. The molecule has 0 saturated carbocycles. The van der Waals surface area contributed by atoms with Crippen LogP contribution in [0.25, 0.3) is 0 Å². The van der Waals surface area contributed by atoms with E-state index in [0.29, 0.717) is 13.2 Å². The molecule has 0 bridgehead atoms. The lowest BCUT2D eigenvalue weighted by Gasteiger charge is -2.14. The van der Waals surface area contributed by atoms with Crippen LogP contribution in [0, 0.1) is 6.92 Å². The number of aryl methyl sites for hydroxylation is 2. The van der Waals surface area contributed by atoms with E-state index in [1.165, 1.54) is 0 Å². The minimum absolute atomic E-state index is 0.620. The molecule has 0 amide bonds. The fourth-order valence-electron chi connectivity index (χ4n) is 2.16. The highest BCUT2D eigenvalue weighted by molar-refractivity contribution is 5.51. The number of anilines is 1. The van der Waals surface area contributed by atoms with Gasteiger partial charge in [-0.3, -0.25) is 4.68 Å². The molecule has 5 nitrogen and oxygen atoms in total. The second-order valence-corrected chi connectivity index (χ2v) is 4.54. The zero-order valence-electron chi connectivity index (χ0n) is 12.4. The number of methoxy groups -OCH3 is 1. The van der Waals surface area contributed by atoms with Crippen molar-refractivity contribution in [2.24, 2.45) is 7.05 Å². The van der Waals surface area contributed by atoms with Crippen molar-refractivity contribution in [1.29, 1.82) is 0 Å². The lowest BCUT2D eigenvalue weighted by Crippen LogP contribution is -2.04. The van der Waals surface area contributed by atoms with Crippen molar-refractivity contribution in [3.8, 4) is 11.5 Å². The van der Waals surface area contributed by atoms with Crippen LogP contribution < -0.4 is 14.8 Å². The van der Waals surface area contributed by atoms with Gasteiger partial charge in [-0.25, -0.2) is 0 Å². The standard InChI is InChI=1S/C15H21N3O2/c1-5-20-14-8-6-7-12(15(14)19-4)9-16-13-10-18(3)17-11(13)2/h6-8,10,16H,5,9H2,1-4H3. The summed E-state index contributed by atoms with van der Waals surface area (Å²) in [6, 6.07) is 5.92. The van der Waals surface area contributed by atoms with E-state index in [4.69, 9.17) is 9.47 Å². The normalized spacial score (nSPS) is 10.4. The van der Waals surface area contributed by atoms with Crippen molar-refractivity contribution in [3.05, 3.63) is 35.7 Å². The molecule has 2 aromatic rings. The summed E-state index contributed by atoms with van der Waals surface area (Å²) in [6.45, 7) is 5.23. The Morgan fingerprint density at radius 1 is 1.35 bits per heavy atom. The fraction of sp³-hybridized carbons (Fsp3) is 0.400. The first-order valence-electron chi connectivity index (χ1n) is 6.68. The van der Waals surface area contributed by atoms with Gasteiger partial charge in [-0.15, -0.1) is 0 Å². The van der Waals surface area contributed by atoms with E-state index in [9.17, 15) is 0 Å². The Labute approximate surface area is 119 Å². The molecular weight excluding hydrogens is 254 g/mol. The van der Waals surface area contributed by atoms with Gasteiger partial charge in [-0.05, 0) is 19.9 Å². The molecule has 0 atom stereocenters. The van der Waals surface area contributed by atoms with Crippen molar-refractivity contribution in [2.75, 3.05) is 19.0 Å². The second-order valence-electron chi connectivity index (χ2n) is 4.54. The molecule has 1 aromatic carbocycles. The SMILES string of the molecule is CCOc1cccc(CNc2cn(C)nc2C)c1OC. The summed E-state index contributed by atoms with van der Waals surface area (Å²) in [5, 5.41) is 7.69. The zero-order valence-corrected chi connectivity index (χ0v) is 12.4. The highest BCUT2D eigenvalue weighted by Crippen LogP contribution is 2.31. The summed E-state index contributed by atoms with van der Waals surface area (Å²) < 4.78 is 12.8. The van der Waals surface area contributed by atoms with Crippen LogP contribution in [0.5, 0.6) is 11.5 Å². The van der Waals surface area contributed by atoms with Crippen LogP contribution in [0.1, 0.15) is 18.2 Å². The van der Waals surface area contributed by atoms with Gasteiger partial charge in [0.05, 0.1) is 25.1 Å². The third-order valence-corrected chi connectivity index (χ3v) is 3.05. The average molecular weight is 275 g/mol. The molecule has 0 spiro atoms. The van der Waals surface area contributed by atoms with Crippen molar-refractivity contribution >= 4 is 5.69 Å². The fourth-order valence-corrected chi connectivity index (χ4v) is 2.16. The molecule has 1 aromatic heterocycles. The van der Waals surface area contributed by atoms with Crippen molar-refractivity contribution < 1.29 is 9.47 Å². The molecule has 1 heterocycles. The highest BCUT2D eigenvalue weighted by atomic mass is 16.5. The molecule has 0 unspecified atom stereocenters. The maximum absolute atomic E-state index is 5.58. The molecule has 0 aliphatic rings. The number of nitrogens with zero attached hydrogens (tertiary/aromatic N) is 2. The van der Waals surface area contributed by atoms with Crippen LogP contribution in [0.2, 0.25) is 0 Å². The molecule has 108 valence electrons. The van der Waals surface area contributed by atoms with Crippen molar-refractivity contribution in [3.63, 3.8) is 0 Å². The number of benzene rings is 1. The topological polar surface area (TPSA) is 48.3 Å². The van der Waals surface area contributed by atoms with Gasteiger partial charge in [0.1, 0.15) is 0 Å². The summed E-state index contributed by atoms with van der Waals surface area (Å²) in [4.78, 5) is 0. The highest BCUT2D eigenvalue weighted by Gasteiger charge is 2.10. The Kier molecular flexibility index (Phi) is 4.50. The Bertz CT molecular complexity index is 578. The smallest absolute Gasteiger partial charge is 0.165 e. The van der Waals surface area contributed by atoms with Gasteiger partial charge in [0.15, 0.2) is 11.5 Å². The van der Waals surface area contributed by atoms with Gasteiger partial charge in [0.25, 0.3) is 0 Å². The maximum atomic E-state index is 5.58. The van der Waals surface area contributed by atoms with Gasteiger partial charge in [-0.1, -0.05) is 12.1 Å². The molecule has 20 heavy (non-hydrogen) atoms. The van der Waals surface area contributed by atoms with Gasteiger partial charge < -0.3 is 14.8 Å². The number of para-hydroxylation sites is 1. The molecule has 1 N–H and O–H groups in total. The molecule has 0 aliphatic heterocycles. The first-order valence-corrected chi connectivity index (χ1v) is 6.68. The quantitative estimate of drug-likeness (QED) is 0.880. The number of nitrogens with one attached hydrogen (secondary N) is 1. The monoisotopic (exact) mass is 275 g/mol. The van der Waals surface area contributed by atoms with Crippen LogP contribution in [0.3, 0.4) is 0 Å². The molecule has 0 saturated heterocycles. The van der Waals surface area contributed by atoms with E-state index in [-0.39, 0.29) is 0 Å². The molecular formula is C15H21N3O2. The third-order valence-electron chi connectivity index (χ3n) is 3.05. The van der Waals surface area contributed by atoms with Gasteiger partial charge in [0, 0.05) is 25.4 Å². The minimum atomic E-state index is 0.620. The number of hydrogen-bond acceptors (Lipinski definition) is 4. The summed E-state index contributed by atoms with van der Waals surface area (Å²) in [6.07, 6.45) is 1.97. The summed E-state index contributed by atoms with van der Waals surface area (Å²) in [5.41, 5.74) is 3.06. The molecule has 0 radical (unpaired) electrons. The van der Waals surface area contributed by atoms with Gasteiger partial charge in [-0.2, -0.15) is 5.10 Å². The minimum Gasteiger partial charge on any atom is -0.493 e. The van der Waals surface area contributed by atoms with Gasteiger partial charge in [0.2, 0.25) is 0 Å². The van der Waals surface area contributed by atoms with E-state index in [0.717, 1.165) is 28.4 Å². The average Bonchev–Trinajstić information content (AvgIpc) is 2.75. The largest absolute Gasteiger partial charge is 0.493 e. The molecule has 0 fully saturated rings. The lowest BCUT2D eigenvalue weighted by molar-refractivity contribution is 0.309. The summed E-state index contributed by atoms with van der Waals surface area (Å²) in [7, 11) is 3.57. The summed E-state index contributed by atoms with van der Waals surface area (Å²) >= 11 is 0. The van der Waals surface area contributed by atoms with Crippen LogP contribution in [-0.2, 0) is 13.6 Å². The maximum Gasteiger partial charge on any atom is 0.165 e. The number of hydrogen-bond donors (Lipinski definition) is 1. The molecule has 5 heteroatoms. The number of ether oxygens (including phenoxy) is 2. The third kappa shape index (κ3) is 3.04. The summed E-state index contributed by atoms with van der Waals surface area (Å²) in [5.74, 6) is 1.56. The van der Waals surface area contributed by atoms with Gasteiger partial charge >= 0.3 is 0 Å². The van der Waals surface area contributed by atoms with Crippen LogP contribution in [0.15, 0.2) is 24.4 Å². The van der Waals surface area contributed by atoms with Crippen LogP contribution in [-0.4, -0.2) is 23.5 Å². The van der Waals surface area contributed by atoms with E-state index in [1.807, 2.05) is 45.3 Å². The Morgan fingerprint density at radius 3 is 2.75 bits per heavy atom. The molecule has 0 aliphatic carbocycles. The number of aromatic nitrogens is 2.